The van der Waals surface area contributed by atoms with Crippen LogP contribution in [0.5, 0.6) is 5.75 Å². The Hall–Kier alpha value is -2.37. The van der Waals surface area contributed by atoms with E-state index < -0.39 is 5.97 Å². The highest BCUT2D eigenvalue weighted by Gasteiger charge is 2.13. The molecule has 0 amide bonds. The molecule has 6 nitrogen and oxygen atoms in total. The topological polar surface area (TPSA) is 88.1 Å². The van der Waals surface area contributed by atoms with Crippen LogP contribution in [0.15, 0.2) is 24.3 Å². The second kappa shape index (κ2) is 4.65. The van der Waals surface area contributed by atoms with E-state index >= 15 is 0 Å². The molecule has 1 aromatic carbocycles. The van der Waals surface area contributed by atoms with Crippen LogP contribution in [-0.2, 0) is 4.74 Å². The molecule has 1 heterocycles. The van der Waals surface area contributed by atoms with Crippen molar-refractivity contribution >= 4 is 5.97 Å². The Morgan fingerprint density at radius 1 is 1.41 bits per heavy atom. The Balaban J connectivity index is 2.23. The first-order valence-electron chi connectivity index (χ1n) is 5.09. The third-order valence-electron chi connectivity index (χ3n) is 2.08. The minimum atomic E-state index is -0.537. The van der Waals surface area contributed by atoms with E-state index in [-0.39, 0.29) is 18.2 Å². The molecule has 0 unspecified atom stereocenters. The van der Waals surface area contributed by atoms with Crippen LogP contribution in [0.2, 0.25) is 0 Å². The number of benzene rings is 1. The van der Waals surface area contributed by atoms with Gasteiger partial charge < -0.3 is 9.84 Å². The van der Waals surface area contributed by atoms with E-state index in [4.69, 9.17) is 9.84 Å². The third-order valence-corrected chi connectivity index (χ3v) is 2.08. The summed E-state index contributed by atoms with van der Waals surface area (Å²) >= 11 is 0. The third kappa shape index (κ3) is 2.41. The summed E-state index contributed by atoms with van der Waals surface area (Å²) in [6, 6.07) is 6.37. The fourth-order valence-electron chi connectivity index (χ4n) is 1.29. The Kier molecular flexibility index (Phi) is 3.04. The Morgan fingerprint density at radius 3 is 2.76 bits per heavy atom. The molecule has 0 saturated heterocycles. The maximum atomic E-state index is 11.3. The number of carbonyl (C=O) groups is 1. The van der Waals surface area contributed by atoms with E-state index in [1.54, 1.807) is 19.1 Å². The van der Waals surface area contributed by atoms with Crippen LogP contribution in [0.1, 0.15) is 17.5 Å². The summed E-state index contributed by atoms with van der Waals surface area (Å²) < 4.78 is 4.78. The predicted molar refractivity (Wildman–Crippen MR) is 59.4 cm³/mol. The summed E-state index contributed by atoms with van der Waals surface area (Å²) in [4.78, 5) is 15.4. The van der Waals surface area contributed by atoms with Gasteiger partial charge in [0.2, 0.25) is 5.82 Å². The van der Waals surface area contributed by atoms with Crippen molar-refractivity contribution in [2.24, 2.45) is 0 Å². The summed E-state index contributed by atoms with van der Waals surface area (Å²) in [5.41, 5.74) is 0.703. The number of hydrogen-bond acceptors (Lipinski definition) is 5. The van der Waals surface area contributed by atoms with Crippen LogP contribution in [-0.4, -0.2) is 32.9 Å². The van der Waals surface area contributed by atoms with Crippen molar-refractivity contribution in [1.82, 2.24) is 15.2 Å². The minimum Gasteiger partial charge on any atom is -0.508 e. The van der Waals surface area contributed by atoms with Crippen LogP contribution in [0, 0.1) is 0 Å². The number of H-pyrrole nitrogens is 1. The van der Waals surface area contributed by atoms with E-state index in [1.165, 1.54) is 12.1 Å². The molecule has 1 aromatic heterocycles. The second-order valence-electron chi connectivity index (χ2n) is 3.27. The lowest BCUT2D eigenvalue weighted by atomic mass is 10.2. The number of nitrogens with one attached hydrogen (secondary N) is 1. The van der Waals surface area contributed by atoms with Crippen LogP contribution >= 0.6 is 0 Å². The monoisotopic (exact) mass is 233 g/mol. The lowest BCUT2D eigenvalue weighted by molar-refractivity contribution is 0.0512. The smallest absolute Gasteiger partial charge is 0.375 e. The van der Waals surface area contributed by atoms with Gasteiger partial charge in [-0.1, -0.05) is 0 Å². The molecular formula is C11H11N3O3. The van der Waals surface area contributed by atoms with Gasteiger partial charge in [-0.25, -0.2) is 9.78 Å². The van der Waals surface area contributed by atoms with Gasteiger partial charge in [0, 0.05) is 5.56 Å². The summed E-state index contributed by atoms with van der Waals surface area (Å²) in [6.07, 6.45) is 0. The van der Waals surface area contributed by atoms with Crippen molar-refractivity contribution in [3.8, 4) is 17.1 Å². The number of ether oxygens (including phenoxy) is 1. The lowest BCUT2D eigenvalue weighted by Crippen LogP contribution is -2.06. The maximum Gasteiger partial charge on any atom is 0.375 e. The van der Waals surface area contributed by atoms with E-state index in [1.807, 2.05) is 0 Å². The molecule has 0 atom stereocenters. The fourth-order valence-corrected chi connectivity index (χ4v) is 1.29. The van der Waals surface area contributed by atoms with Gasteiger partial charge in [-0.15, -0.1) is 0 Å². The Morgan fingerprint density at radius 2 is 2.12 bits per heavy atom. The number of rotatable bonds is 3. The molecule has 6 heteroatoms. The normalized spacial score (nSPS) is 10.2. The molecule has 17 heavy (non-hydrogen) atoms. The quantitative estimate of drug-likeness (QED) is 0.781. The molecule has 2 rings (SSSR count). The predicted octanol–water partition coefficient (Wildman–Crippen LogP) is 1.35. The average Bonchev–Trinajstić information content (AvgIpc) is 2.80. The van der Waals surface area contributed by atoms with Gasteiger partial charge in [0.15, 0.2) is 5.82 Å². The largest absolute Gasteiger partial charge is 0.508 e. The first kappa shape index (κ1) is 11.1. The molecule has 0 aliphatic heterocycles. The number of aromatic nitrogens is 3. The molecule has 0 bridgehead atoms. The van der Waals surface area contributed by atoms with Gasteiger partial charge in [-0.05, 0) is 31.2 Å². The van der Waals surface area contributed by atoms with Crippen molar-refractivity contribution in [2.45, 2.75) is 6.92 Å². The van der Waals surface area contributed by atoms with Gasteiger partial charge in [-0.3, -0.25) is 5.10 Å². The summed E-state index contributed by atoms with van der Waals surface area (Å²) in [5, 5.41) is 15.6. The molecule has 0 spiro atoms. The SMILES string of the molecule is CCOC(=O)c1nc(-c2ccc(O)cc2)n[nH]1. The Bertz CT molecular complexity index is 519. The number of aromatic amines is 1. The minimum absolute atomic E-state index is 0.0647. The number of esters is 1. The molecule has 2 aromatic rings. The molecule has 0 fully saturated rings. The molecular weight excluding hydrogens is 222 g/mol. The van der Waals surface area contributed by atoms with Gasteiger partial charge in [0.05, 0.1) is 6.61 Å². The van der Waals surface area contributed by atoms with Gasteiger partial charge in [0.1, 0.15) is 5.75 Å². The van der Waals surface area contributed by atoms with Crippen molar-refractivity contribution in [1.29, 1.82) is 0 Å². The highest BCUT2D eigenvalue weighted by Crippen LogP contribution is 2.18. The zero-order valence-electron chi connectivity index (χ0n) is 9.17. The zero-order valence-corrected chi connectivity index (χ0v) is 9.17. The van der Waals surface area contributed by atoms with Crippen LogP contribution in [0.3, 0.4) is 0 Å². The van der Waals surface area contributed by atoms with Gasteiger partial charge >= 0.3 is 5.97 Å². The first-order chi connectivity index (χ1) is 8.20. The molecule has 88 valence electrons. The number of phenolic OH excluding ortho intramolecular Hbond substituents is 1. The Labute approximate surface area is 97.3 Å². The van der Waals surface area contributed by atoms with Gasteiger partial charge in [0.25, 0.3) is 0 Å². The van der Waals surface area contributed by atoms with Crippen molar-refractivity contribution < 1.29 is 14.6 Å². The first-order valence-corrected chi connectivity index (χ1v) is 5.09. The number of carbonyl (C=O) groups excluding carboxylic acids is 1. The molecule has 0 radical (unpaired) electrons. The van der Waals surface area contributed by atoms with Crippen molar-refractivity contribution in [2.75, 3.05) is 6.61 Å². The van der Waals surface area contributed by atoms with E-state index in [9.17, 15) is 4.79 Å². The molecule has 0 aliphatic carbocycles. The van der Waals surface area contributed by atoms with E-state index in [2.05, 4.69) is 15.2 Å². The van der Waals surface area contributed by atoms with Crippen LogP contribution in [0.4, 0.5) is 0 Å². The summed E-state index contributed by atoms with van der Waals surface area (Å²) in [7, 11) is 0. The number of nitrogens with zero attached hydrogens (tertiary/aromatic N) is 2. The summed E-state index contributed by atoms with van der Waals surface area (Å²) in [5.74, 6) is 0.0721. The average molecular weight is 233 g/mol. The van der Waals surface area contributed by atoms with E-state index in [0.29, 0.717) is 11.4 Å². The van der Waals surface area contributed by atoms with E-state index in [0.717, 1.165) is 0 Å². The lowest BCUT2D eigenvalue weighted by Gasteiger charge is -1.96. The molecule has 0 saturated carbocycles. The second-order valence-corrected chi connectivity index (χ2v) is 3.27. The van der Waals surface area contributed by atoms with Gasteiger partial charge in [-0.2, -0.15) is 5.10 Å². The highest BCUT2D eigenvalue weighted by atomic mass is 16.5. The van der Waals surface area contributed by atoms with Crippen LogP contribution < -0.4 is 0 Å². The van der Waals surface area contributed by atoms with Crippen LogP contribution in [0.25, 0.3) is 11.4 Å². The number of aromatic hydroxyl groups is 1. The maximum absolute atomic E-state index is 11.3. The number of hydrogen-bond donors (Lipinski definition) is 2. The fraction of sp³-hybridized carbons (Fsp3) is 0.182. The summed E-state index contributed by atoms with van der Waals surface area (Å²) in [6.45, 7) is 2.00. The molecule has 0 aliphatic rings. The van der Waals surface area contributed by atoms with Crippen molar-refractivity contribution in [3.63, 3.8) is 0 Å². The molecule has 2 N–H and O–H groups in total. The highest BCUT2D eigenvalue weighted by molar-refractivity contribution is 5.85. The number of phenols is 1. The standard InChI is InChI=1S/C11H11N3O3/c1-2-17-11(16)10-12-9(13-14-10)7-3-5-8(15)6-4-7/h3-6,15H,2H2,1H3,(H,12,13,14). The van der Waals surface area contributed by atoms with Crippen molar-refractivity contribution in [3.05, 3.63) is 30.1 Å². The zero-order chi connectivity index (χ0) is 12.3.